The summed E-state index contributed by atoms with van der Waals surface area (Å²) in [5.41, 5.74) is 1.69. The molecule has 0 aromatic heterocycles. The largest absolute Gasteiger partial charge is 0.388 e. The van der Waals surface area contributed by atoms with Gasteiger partial charge in [0.25, 0.3) is 0 Å². The third kappa shape index (κ3) is 6.37. The van der Waals surface area contributed by atoms with E-state index < -0.39 is 6.10 Å². The maximum absolute atomic E-state index is 10.8. The Balaban J connectivity index is 2.57. The van der Waals surface area contributed by atoms with E-state index in [0.717, 1.165) is 11.1 Å². The first-order valence-electron chi connectivity index (χ1n) is 6.63. The Morgan fingerprint density at radius 2 is 2.30 bits per heavy atom. The van der Waals surface area contributed by atoms with Crippen LogP contribution in [0.5, 0.6) is 0 Å². The fourth-order valence-electron chi connectivity index (χ4n) is 1.69. The Morgan fingerprint density at radius 1 is 1.50 bits per heavy atom. The third-order valence-corrected chi connectivity index (χ3v) is 2.73. The number of carbonyl (C=O) groups is 1. The molecule has 0 aliphatic rings. The van der Waals surface area contributed by atoms with Crippen molar-refractivity contribution in [3.05, 3.63) is 35.4 Å². The highest BCUT2D eigenvalue weighted by Crippen LogP contribution is 2.17. The molecule has 0 heterocycles. The predicted molar refractivity (Wildman–Crippen MR) is 78.1 cm³/mol. The molecule has 1 atom stereocenters. The third-order valence-electron chi connectivity index (χ3n) is 2.73. The van der Waals surface area contributed by atoms with Gasteiger partial charge in [-0.05, 0) is 24.1 Å². The van der Waals surface area contributed by atoms with Gasteiger partial charge in [-0.1, -0.05) is 24.0 Å². The second-order valence-electron chi connectivity index (χ2n) is 4.46. The zero-order valence-corrected chi connectivity index (χ0v) is 12.0. The first-order chi connectivity index (χ1) is 9.63. The van der Waals surface area contributed by atoms with E-state index in [0.29, 0.717) is 26.0 Å². The summed E-state index contributed by atoms with van der Waals surface area (Å²) in [5.74, 6) is 5.96. The number of methoxy groups -OCH3 is 1. The van der Waals surface area contributed by atoms with Crippen LogP contribution in [0.3, 0.4) is 0 Å². The molecule has 1 unspecified atom stereocenters. The summed E-state index contributed by atoms with van der Waals surface area (Å²) in [6.45, 7) is 2.54. The van der Waals surface area contributed by atoms with E-state index in [2.05, 4.69) is 17.2 Å². The lowest BCUT2D eigenvalue weighted by Crippen LogP contribution is -2.22. The van der Waals surface area contributed by atoms with E-state index in [4.69, 9.17) is 4.74 Å². The summed E-state index contributed by atoms with van der Waals surface area (Å²) in [6.07, 6.45) is 0.578. The monoisotopic (exact) mass is 275 g/mol. The van der Waals surface area contributed by atoms with Gasteiger partial charge in [-0.3, -0.25) is 4.79 Å². The fourth-order valence-corrected chi connectivity index (χ4v) is 1.69. The van der Waals surface area contributed by atoms with E-state index in [-0.39, 0.29) is 5.91 Å². The summed E-state index contributed by atoms with van der Waals surface area (Å²) < 4.78 is 4.93. The molecular formula is C16H21NO3. The number of hydrogen-bond acceptors (Lipinski definition) is 3. The van der Waals surface area contributed by atoms with Crippen LogP contribution in [-0.4, -0.2) is 31.3 Å². The number of hydrogen-bond donors (Lipinski definition) is 2. The molecule has 2 N–H and O–H groups in total. The number of aliphatic hydroxyl groups is 1. The first kappa shape index (κ1) is 16.2. The smallest absolute Gasteiger partial charge is 0.216 e. The van der Waals surface area contributed by atoms with Crippen LogP contribution in [0.15, 0.2) is 24.3 Å². The highest BCUT2D eigenvalue weighted by molar-refractivity contribution is 5.72. The van der Waals surface area contributed by atoms with E-state index >= 15 is 0 Å². The second-order valence-corrected chi connectivity index (χ2v) is 4.46. The minimum atomic E-state index is -0.595. The van der Waals surface area contributed by atoms with Crippen molar-refractivity contribution in [2.45, 2.75) is 25.9 Å². The summed E-state index contributed by atoms with van der Waals surface area (Å²) in [5, 5.41) is 12.7. The molecule has 0 radical (unpaired) electrons. The normalized spacial score (nSPS) is 11.3. The van der Waals surface area contributed by atoms with Gasteiger partial charge in [0.2, 0.25) is 5.91 Å². The SMILES string of the molecule is COCCC#Cc1cccc(C(O)CCNC(C)=O)c1. The maximum Gasteiger partial charge on any atom is 0.216 e. The zero-order chi connectivity index (χ0) is 14.8. The molecule has 0 saturated carbocycles. The van der Waals surface area contributed by atoms with Gasteiger partial charge in [-0.15, -0.1) is 0 Å². The number of nitrogens with one attached hydrogen (secondary N) is 1. The summed E-state index contributed by atoms with van der Waals surface area (Å²) >= 11 is 0. The van der Waals surface area contributed by atoms with Crippen molar-refractivity contribution in [2.24, 2.45) is 0 Å². The van der Waals surface area contributed by atoms with Crippen molar-refractivity contribution >= 4 is 5.91 Å². The molecule has 4 nitrogen and oxygen atoms in total. The van der Waals surface area contributed by atoms with Gasteiger partial charge in [-0.2, -0.15) is 0 Å². The topological polar surface area (TPSA) is 58.6 Å². The molecule has 0 aliphatic heterocycles. The van der Waals surface area contributed by atoms with E-state index in [1.807, 2.05) is 24.3 Å². The van der Waals surface area contributed by atoms with Crippen LogP contribution in [0.25, 0.3) is 0 Å². The number of amides is 1. The van der Waals surface area contributed by atoms with Crippen molar-refractivity contribution in [1.29, 1.82) is 0 Å². The average Bonchev–Trinajstić information content (AvgIpc) is 2.43. The lowest BCUT2D eigenvalue weighted by atomic mass is 10.0. The standard InChI is InChI=1S/C16H21NO3/c1-13(18)17-10-9-16(19)15-8-5-7-14(12-15)6-3-4-11-20-2/h5,7-8,12,16,19H,4,9-11H2,1-2H3,(H,17,18). The van der Waals surface area contributed by atoms with Gasteiger partial charge in [0.05, 0.1) is 12.7 Å². The van der Waals surface area contributed by atoms with E-state index in [1.54, 1.807) is 7.11 Å². The van der Waals surface area contributed by atoms with E-state index in [9.17, 15) is 9.90 Å². The minimum Gasteiger partial charge on any atom is -0.388 e. The van der Waals surface area contributed by atoms with Gasteiger partial charge in [0, 0.05) is 32.6 Å². The Kier molecular flexibility index (Phi) is 7.41. The number of carbonyl (C=O) groups excluding carboxylic acids is 1. The lowest BCUT2D eigenvalue weighted by Gasteiger charge is -2.11. The molecule has 0 saturated heterocycles. The van der Waals surface area contributed by atoms with Gasteiger partial charge >= 0.3 is 0 Å². The number of benzene rings is 1. The van der Waals surface area contributed by atoms with E-state index in [1.165, 1.54) is 6.92 Å². The average molecular weight is 275 g/mol. The molecule has 0 aliphatic carbocycles. The quantitative estimate of drug-likeness (QED) is 0.613. The molecular weight excluding hydrogens is 254 g/mol. The number of aliphatic hydroxyl groups excluding tert-OH is 1. The Morgan fingerprint density at radius 3 is 3.00 bits per heavy atom. The van der Waals surface area contributed by atoms with Crippen LogP contribution in [0.1, 0.15) is 37.0 Å². The van der Waals surface area contributed by atoms with Gasteiger partial charge in [0.15, 0.2) is 0 Å². The molecule has 1 aromatic rings. The maximum atomic E-state index is 10.8. The van der Waals surface area contributed by atoms with Crippen LogP contribution >= 0.6 is 0 Å². The molecule has 1 rings (SSSR count). The molecule has 20 heavy (non-hydrogen) atoms. The predicted octanol–water partition coefficient (Wildman–Crippen LogP) is 1.63. The highest BCUT2D eigenvalue weighted by atomic mass is 16.5. The number of rotatable bonds is 6. The van der Waals surface area contributed by atoms with Crippen LogP contribution in [0, 0.1) is 11.8 Å². The van der Waals surface area contributed by atoms with Gasteiger partial charge in [0.1, 0.15) is 0 Å². The van der Waals surface area contributed by atoms with Crippen molar-refractivity contribution in [1.82, 2.24) is 5.32 Å². The van der Waals surface area contributed by atoms with Crippen molar-refractivity contribution in [3.8, 4) is 11.8 Å². The van der Waals surface area contributed by atoms with Crippen LogP contribution in [0.2, 0.25) is 0 Å². The van der Waals surface area contributed by atoms with Gasteiger partial charge < -0.3 is 15.2 Å². The molecule has 1 aromatic carbocycles. The lowest BCUT2D eigenvalue weighted by molar-refractivity contribution is -0.119. The highest BCUT2D eigenvalue weighted by Gasteiger charge is 2.07. The van der Waals surface area contributed by atoms with Gasteiger partial charge in [-0.25, -0.2) is 0 Å². The molecule has 0 bridgehead atoms. The summed E-state index contributed by atoms with van der Waals surface area (Å²) in [7, 11) is 1.65. The fraction of sp³-hybridized carbons (Fsp3) is 0.438. The molecule has 4 heteroatoms. The molecule has 0 fully saturated rings. The summed E-state index contributed by atoms with van der Waals surface area (Å²) in [4.78, 5) is 10.8. The minimum absolute atomic E-state index is 0.0880. The van der Waals surface area contributed by atoms with Crippen LogP contribution < -0.4 is 5.32 Å². The van der Waals surface area contributed by atoms with Crippen molar-refractivity contribution in [3.63, 3.8) is 0 Å². The second kappa shape index (κ2) is 9.13. The van der Waals surface area contributed by atoms with Crippen molar-refractivity contribution in [2.75, 3.05) is 20.3 Å². The zero-order valence-electron chi connectivity index (χ0n) is 12.0. The molecule has 108 valence electrons. The molecule has 0 spiro atoms. The summed E-state index contributed by atoms with van der Waals surface area (Å²) in [6, 6.07) is 7.51. The molecule has 1 amide bonds. The Hall–Kier alpha value is -1.83. The Labute approximate surface area is 120 Å². The first-order valence-corrected chi connectivity index (χ1v) is 6.63. The number of ether oxygens (including phenoxy) is 1. The van der Waals surface area contributed by atoms with Crippen molar-refractivity contribution < 1.29 is 14.6 Å². The Bertz CT molecular complexity index is 488. The van der Waals surface area contributed by atoms with Crippen LogP contribution in [-0.2, 0) is 9.53 Å². The van der Waals surface area contributed by atoms with Crippen LogP contribution in [0.4, 0.5) is 0 Å².